The SMILES string of the molecule is CCC(C)/C(C)=N/NC(=O)NC. The topological polar surface area (TPSA) is 53.5 Å². The van der Waals surface area contributed by atoms with Gasteiger partial charge >= 0.3 is 6.03 Å². The summed E-state index contributed by atoms with van der Waals surface area (Å²) in [6, 6.07) is -0.280. The minimum atomic E-state index is -0.280. The normalized spacial score (nSPS) is 13.8. The Morgan fingerprint density at radius 2 is 2.17 bits per heavy atom. The van der Waals surface area contributed by atoms with E-state index in [0.717, 1.165) is 12.1 Å². The third-order valence-electron chi connectivity index (χ3n) is 1.89. The van der Waals surface area contributed by atoms with Crippen LogP contribution in [0.25, 0.3) is 0 Å². The molecule has 4 nitrogen and oxygen atoms in total. The van der Waals surface area contributed by atoms with Crippen LogP contribution >= 0.6 is 0 Å². The highest BCUT2D eigenvalue weighted by atomic mass is 16.2. The highest BCUT2D eigenvalue weighted by molar-refractivity contribution is 5.85. The molecule has 0 saturated heterocycles. The van der Waals surface area contributed by atoms with Crippen LogP contribution in [0.2, 0.25) is 0 Å². The van der Waals surface area contributed by atoms with Crippen LogP contribution in [0.3, 0.4) is 0 Å². The molecule has 0 saturated carbocycles. The number of rotatable bonds is 3. The maximum atomic E-state index is 10.7. The number of hydrogen-bond acceptors (Lipinski definition) is 2. The maximum Gasteiger partial charge on any atom is 0.334 e. The number of amides is 2. The summed E-state index contributed by atoms with van der Waals surface area (Å²) >= 11 is 0. The molecule has 1 atom stereocenters. The Bertz CT molecular complexity index is 177. The fourth-order valence-electron chi connectivity index (χ4n) is 0.600. The zero-order valence-electron chi connectivity index (χ0n) is 8.14. The van der Waals surface area contributed by atoms with E-state index < -0.39 is 0 Å². The lowest BCUT2D eigenvalue weighted by Gasteiger charge is -2.07. The van der Waals surface area contributed by atoms with Crippen molar-refractivity contribution in [1.82, 2.24) is 10.7 Å². The van der Waals surface area contributed by atoms with Gasteiger partial charge in [-0.2, -0.15) is 5.10 Å². The lowest BCUT2D eigenvalue weighted by Crippen LogP contribution is -2.30. The predicted octanol–water partition coefficient (Wildman–Crippen LogP) is 1.34. The largest absolute Gasteiger partial charge is 0.340 e. The van der Waals surface area contributed by atoms with Gasteiger partial charge in [0.15, 0.2) is 0 Å². The maximum absolute atomic E-state index is 10.7. The van der Waals surface area contributed by atoms with E-state index in [4.69, 9.17) is 0 Å². The minimum absolute atomic E-state index is 0.280. The van der Waals surface area contributed by atoms with Gasteiger partial charge in [0.05, 0.1) is 0 Å². The van der Waals surface area contributed by atoms with Crippen LogP contribution in [0.1, 0.15) is 27.2 Å². The van der Waals surface area contributed by atoms with Gasteiger partial charge in [-0.15, -0.1) is 0 Å². The van der Waals surface area contributed by atoms with E-state index in [1.807, 2.05) is 6.92 Å². The molecular weight excluding hydrogens is 154 g/mol. The summed E-state index contributed by atoms with van der Waals surface area (Å²) < 4.78 is 0. The Hall–Kier alpha value is -1.06. The van der Waals surface area contributed by atoms with Gasteiger partial charge in [0.1, 0.15) is 0 Å². The van der Waals surface area contributed by atoms with Crippen LogP contribution in [-0.4, -0.2) is 18.8 Å². The van der Waals surface area contributed by atoms with Crippen molar-refractivity contribution in [2.45, 2.75) is 27.2 Å². The first-order valence-corrected chi connectivity index (χ1v) is 4.13. The molecule has 0 aromatic carbocycles. The lowest BCUT2D eigenvalue weighted by atomic mass is 10.1. The van der Waals surface area contributed by atoms with E-state index in [-0.39, 0.29) is 6.03 Å². The average molecular weight is 171 g/mol. The molecule has 0 aliphatic rings. The first-order valence-electron chi connectivity index (χ1n) is 4.13. The monoisotopic (exact) mass is 171 g/mol. The highest BCUT2D eigenvalue weighted by Crippen LogP contribution is 2.02. The summed E-state index contributed by atoms with van der Waals surface area (Å²) in [7, 11) is 1.56. The zero-order chi connectivity index (χ0) is 9.56. The minimum Gasteiger partial charge on any atom is -0.340 e. The number of carbonyl (C=O) groups is 1. The molecule has 0 aliphatic heterocycles. The highest BCUT2D eigenvalue weighted by Gasteiger charge is 2.02. The Balaban J connectivity index is 3.91. The van der Waals surface area contributed by atoms with Crippen LogP contribution in [0.4, 0.5) is 4.79 Å². The Kier molecular flexibility index (Phi) is 5.08. The number of urea groups is 1. The second-order valence-corrected chi connectivity index (χ2v) is 2.75. The van der Waals surface area contributed by atoms with Crippen molar-refractivity contribution in [3.63, 3.8) is 0 Å². The van der Waals surface area contributed by atoms with Gasteiger partial charge in [0.2, 0.25) is 0 Å². The van der Waals surface area contributed by atoms with Gasteiger partial charge in [-0.05, 0) is 19.3 Å². The quantitative estimate of drug-likeness (QED) is 0.488. The predicted molar refractivity (Wildman–Crippen MR) is 50.2 cm³/mol. The van der Waals surface area contributed by atoms with Crippen LogP contribution in [-0.2, 0) is 0 Å². The molecule has 0 spiro atoms. The molecular formula is C8H17N3O. The molecule has 4 heteroatoms. The van der Waals surface area contributed by atoms with E-state index in [9.17, 15) is 4.79 Å². The molecule has 0 aromatic rings. The summed E-state index contributed by atoms with van der Waals surface area (Å²) in [6.45, 7) is 6.07. The van der Waals surface area contributed by atoms with Gasteiger partial charge in [-0.25, -0.2) is 10.2 Å². The average Bonchev–Trinajstić information content (AvgIpc) is 2.11. The fourth-order valence-corrected chi connectivity index (χ4v) is 0.600. The van der Waals surface area contributed by atoms with Crippen molar-refractivity contribution < 1.29 is 4.79 Å². The van der Waals surface area contributed by atoms with Crippen LogP contribution in [0.15, 0.2) is 5.10 Å². The molecule has 70 valence electrons. The Labute approximate surface area is 73.4 Å². The van der Waals surface area contributed by atoms with E-state index in [0.29, 0.717) is 5.92 Å². The van der Waals surface area contributed by atoms with Crippen molar-refractivity contribution in [1.29, 1.82) is 0 Å². The van der Waals surface area contributed by atoms with Gasteiger partial charge in [-0.1, -0.05) is 13.8 Å². The van der Waals surface area contributed by atoms with E-state index in [1.54, 1.807) is 7.05 Å². The van der Waals surface area contributed by atoms with E-state index in [2.05, 4.69) is 29.7 Å². The summed E-state index contributed by atoms with van der Waals surface area (Å²) in [4.78, 5) is 10.7. The molecule has 0 radical (unpaired) electrons. The standard InChI is InChI=1S/C8H17N3O/c1-5-6(2)7(3)10-11-8(12)9-4/h6H,5H2,1-4H3,(H2,9,11,12)/b10-7+. The molecule has 0 bridgehead atoms. The summed E-state index contributed by atoms with van der Waals surface area (Å²) in [5, 5.41) is 6.34. The molecule has 0 rings (SSSR count). The fraction of sp³-hybridized carbons (Fsp3) is 0.750. The lowest BCUT2D eigenvalue weighted by molar-refractivity contribution is 0.243. The molecule has 0 fully saturated rings. The van der Waals surface area contributed by atoms with Crippen LogP contribution < -0.4 is 10.7 Å². The van der Waals surface area contributed by atoms with Gasteiger partial charge in [0.25, 0.3) is 0 Å². The number of nitrogens with zero attached hydrogens (tertiary/aromatic N) is 1. The second-order valence-electron chi connectivity index (χ2n) is 2.75. The number of hydrazone groups is 1. The van der Waals surface area contributed by atoms with Crippen molar-refractivity contribution in [3.8, 4) is 0 Å². The smallest absolute Gasteiger partial charge is 0.334 e. The Morgan fingerprint density at radius 1 is 1.58 bits per heavy atom. The van der Waals surface area contributed by atoms with E-state index in [1.165, 1.54) is 0 Å². The second kappa shape index (κ2) is 5.57. The molecule has 0 heterocycles. The number of hydrogen-bond donors (Lipinski definition) is 2. The van der Waals surface area contributed by atoms with Crippen molar-refractivity contribution in [3.05, 3.63) is 0 Å². The van der Waals surface area contributed by atoms with Crippen molar-refractivity contribution in [2.24, 2.45) is 11.0 Å². The number of nitrogens with one attached hydrogen (secondary N) is 2. The van der Waals surface area contributed by atoms with Crippen molar-refractivity contribution in [2.75, 3.05) is 7.05 Å². The molecule has 0 aliphatic carbocycles. The zero-order valence-corrected chi connectivity index (χ0v) is 8.14. The first kappa shape index (κ1) is 10.9. The van der Waals surface area contributed by atoms with Crippen molar-refractivity contribution >= 4 is 11.7 Å². The first-order chi connectivity index (χ1) is 5.61. The van der Waals surface area contributed by atoms with Gasteiger partial charge in [0, 0.05) is 12.8 Å². The molecule has 1 unspecified atom stereocenters. The third-order valence-corrected chi connectivity index (χ3v) is 1.89. The summed E-state index contributed by atoms with van der Waals surface area (Å²) in [5.41, 5.74) is 3.33. The van der Waals surface area contributed by atoms with Gasteiger partial charge < -0.3 is 5.32 Å². The summed E-state index contributed by atoms with van der Waals surface area (Å²) in [6.07, 6.45) is 1.03. The van der Waals surface area contributed by atoms with Crippen LogP contribution in [0, 0.1) is 5.92 Å². The van der Waals surface area contributed by atoms with Gasteiger partial charge in [-0.3, -0.25) is 0 Å². The summed E-state index contributed by atoms with van der Waals surface area (Å²) in [5.74, 6) is 0.419. The molecule has 2 N–H and O–H groups in total. The number of carbonyl (C=O) groups excluding carboxylic acids is 1. The van der Waals surface area contributed by atoms with E-state index >= 15 is 0 Å². The molecule has 0 aromatic heterocycles. The third kappa shape index (κ3) is 3.95. The molecule has 2 amide bonds. The molecule has 12 heavy (non-hydrogen) atoms. The Morgan fingerprint density at radius 3 is 2.58 bits per heavy atom. The van der Waals surface area contributed by atoms with Crippen LogP contribution in [0.5, 0.6) is 0 Å².